The van der Waals surface area contributed by atoms with Crippen LogP contribution in [0.4, 0.5) is 0 Å². The summed E-state index contributed by atoms with van der Waals surface area (Å²) in [5.41, 5.74) is 0. The Hall–Kier alpha value is 0.163. The zero-order valence-corrected chi connectivity index (χ0v) is 6.94. The van der Waals surface area contributed by atoms with Gasteiger partial charge in [0.25, 0.3) is 0 Å². The molecule has 6 heavy (non-hydrogen) atoms. The molecule has 0 amide bonds. The van der Waals surface area contributed by atoms with Gasteiger partial charge in [0.2, 0.25) is 0 Å². The molecule has 0 spiro atoms. The molecule has 0 heterocycles. The van der Waals surface area contributed by atoms with Gasteiger partial charge in [0, 0.05) is 19.5 Å². The van der Waals surface area contributed by atoms with Crippen LogP contribution in [0, 0.1) is 6.58 Å². The Balaban J connectivity index is 0. The second-order valence-corrected chi connectivity index (χ2v) is 0.591. The van der Waals surface area contributed by atoms with E-state index in [1.807, 2.05) is 6.92 Å². The molecule has 0 unspecified atom stereocenters. The summed E-state index contributed by atoms with van der Waals surface area (Å²) in [7, 11) is 0. The van der Waals surface area contributed by atoms with Crippen LogP contribution >= 0.6 is 0 Å². The van der Waals surface area contributed by atoms with Crippen molar-refractivity contribution in [1.82, 2.24) is 0 Å². The maximum atomic E-state index is 4.79. The zero-order valence-electron chi connectivity index (χ0n) is 3.98. The van der Waals surface area contributed by atoms with Crippen molar-refractivity contribution >= 4 is 0 Å². The average molecular weight is 136 g/mol. The minimum Gasteiger partial charge on any atom is -0.538 e. The van der Waals surface area contributed by atoms with Gasteiger partial charge in [-0.3, -0.25) is 0 Å². The van der Waals surface area contributed by atoms with E-state index in [-0.39, 0.29) is 19.5 Å². The predicted octanol–water partition coefficient (Wildman–Crippen LogP) is 0.967. The van der Waals surface area contributed by atoms with E-state index in [4.69, 9.17) is 6.58 Å². The Labute approximate surface area is 51.1 Å². The van der Waals surface area contributed by atoms with Crippen LogP contribution in [0.1, 0.15) is 6.92 Å². The van der Waals surface area contributed by atoms with Gasteiger partial charge in [0.05, 0.1) is 6.61 Å². The third kappa shape index (κ3) is 8.90. The molecular formula is C4H7OZn-. The molecule has 0 atom stereocenters. The van der Waals surface area contributed by atoms with Crippen molar-refractivity contribution in [3.63, 3.8) is 0 Å². The molecule has 0 aromatic carbocycles. The van der Waals surface area contributed by atoms with Crippen molar-refractivity contribution in [2.45, 2.75) is 6.92 Å². The van der Waals surface area contributed by atoms with Crippen molar-refractivity contribution < 1.29 is 24.2 Å². The van der Waals surface area contributed by atoms with Gasteiger partial charge in [-0.1, -0.05) is 0 Å². The first-order valence-corrected chi connectivity index (χ1v) is 1.56. The maximum absolute atomic E-state index is 4.79. The van der Waals surface area contributed by atoms with Crippen LogP contribution in [0.5, 0.6) is 0 Å². The number of hydrogen-bond donors (Lipinski definition) is 0. The number of ether oxygens (including phenoxy) is 1. The van der Waals surface area contributed by atoms with Gasteiger partial charge >= 0.3 is 0 Å². The van der Waals surface area contributed by atoms with E-state index in [0.29, 0.717) is 6.61 Å². The minimum absolute atomic E-state index is 0. The van der Waals surface area contributed by atoms with Gasteiger partial charge in [0.15, 0.2) is 0 Å². The summed E-state index contributed by atoms with van der Waals surface area (Å²) >= 11 is 0. The SMILES string of the molecule is [CH-]=COCC.[Zn]. The molecule has 0 fully saturated rings. The van der Waals surface area contributed by atoms with Crippen LogP contribution in [0.3, 0.4) is 0 Å². The number of hydrogen-bond acceptors (Lipinski definition) is 1. The average Bonchev–Trinajstić information content (AvgIpc) is 1.41. The summed E-state index contributed by atoms with van der Waals surface area (Å²) in [4.78, 5) is 0. The summed E-state index contributed by atoms with van der Waals surface area (Å²) in [5.74, 6) is 0. The molecule has 0 N–H and O–H groups in total. The third-order valence-corrected chi connectivity index (χ3v) is 0.263. The minimum atomic E-state index is 0. The summed E-state index contributed by atoms with van der Waals surface area (Å²) in [5, 5.41) is 0. The maximum Gasteiger partial charge on any atom is 0.0801 e. The summed E-state index contributed by atoms with van der Waals surface area (Å²) in [6, 6.07) is 0. The fourth-order valence-corrected chi connectivity index (χ4v) is 0.0962. The Morgan fingerprint density at radius 1 is 1.83 bits per heavy atom. The quantitative estimate of drug-likeness (QED) is 0.312. The van der Waals surface area contributed by atoms with Crippen molar-refractivity contribution in [3.05, 3.63) is 12.8 Å². The van der Waals surface area contributed by atoms with Crippen LogP contribution in [0.15, 0.2) is 6.26 Å². The van der Waals surface area contributed by atoms with Crippen LogP contribution in [0.25, 0.3) is 0 Å². The Morgan fingerprint density at radius 3 is 2.33 bits per heavy atom. The van der Waals surface area contributed by atoms with Crippen LogP contribution in [-0.2, 0) is 24.2 Å². The summed E-state index contributed by atoms with van der Waals surface area (Å²) in [6.45, 7) is 7.33. The first-order chi connectivity index (χ1) is 2.41. The smallest absolute Gasteiger partial charge is 0.0801 e. The molecule has 0 aliphatic heterocycles. The second-order valence-electron chi connectivity index (χ2n) is 0.591. The first-order valence-electron chi connectivity index (χ1n) is 1.56. The van der Waals surface area contributed by atoms with Gasteiger partial charge in [0.1, 0.15) is 0 Å². The Morgan fingerprint density at radius 2 is 2.33 bits per heavy atom. The van der Waals surface area contributed by atoms with Gasteiger partial charge < -0.3 is 11.3 Å². The molecular weight excluding hydrogens is 129 g/mol. The fourth-order valence-electron chi connectivity index (χ4n) is 0.0962. The summed E-state index contributed by atoms with van der Waals surface area (Å²) < 4.78 is 4.49. The van der Waals surface area contributed by atoms with Gasteiger partial charge in [-0.05, 0) is 6.92 Å². The van der Waals surface area contributed by atoms with Crippen molar-refractivity contribution in [1.29, 1.82) is 0 Å². The van der Waals surface area contributed by atoms with Crippen LogP contribution < -0.4 is 0 Å². The molecule has 0 aliphatic rings. The Kier molecular flexibility index (Phi) is 14.1. The first kappa shape index (κ1) is 9.48. The van der Waals surface area contributed by atoms with E-state index in [1.54, 1.807) is 0 Å². The van der Waals surface area contributed by atoms with E-state index in [0.717, 1.165) is 0 Å². The van der Waals surface area contributed by atoms with Crippen molar-refractivity contribution in [2.75, 3.05) is 6.61 Å². The monoisotopic (exact) mass is 135 g/mol. The molecule has 0 rings (SSSR count). The van der Waals surface area contributed by atoms with E-state index < -0.39 is 0 Å². The van der Waals surface area contributed by atoms with E-state index in [9.17, 15) is 0 Å². The predicted molar refractivity (Wildman–Crippen MR) is 20.5 cm³/mol. The van der Waals surface area contributed by atoms with Crippen molar-refractivity contribution in [3.8, 4) is 0 Å². The molecule has 0 aromatic rings. The fraction of sp³-hybridized carbons (Fsp3) is 0.500. The van der Waals surface area contributed by atoms with Crippen LogP contribution in [-0.4, -0.2) is 6.61 Å². The third-order valence-electron chi connectivity index (χ3n) is 0.263. The van der Waals surface area contributed by atoms with Gasteiger partial charge in [-0.2, -0.15) is 0 Å². The van der Waals surface area contributed by atoms with E-state index in [2.05, 4.69) is 4.74 Å². The zero-order chi connectivity index (χ0) is 4.12. The molecule has 1 nitrogen and oxygen atoms in total. The molecule has 0 radical (unpaired) electrons. The molecule has 0 aliphatic carbocycles. The molecule has 0 bridgehead atoms. The Bertz CT molecular complexity index is 28.7. The standard InChI is InChI=1S/C4H7O.Zn/c1-3-5-4-2;/h1,3H,4H2,2H3;/q-1;. The molecule has 2 heteroatoms. The van der Waals surface area contributed by atoms with Crippen LogP contribution in [0.2, 0.25) is 0 Å². The molecule has 0 aromatic heterocycles. The number of rotatable bonds is 2. The van der Waals surface area contributed by atoms with Gasteiger partial charge in [-0.15, -0.1) is 6.26 Å². The molecule has 32 valence electrons. The van der Waals surface area contributed by atoms with Crippen molar-refractivity contribution in [2.24, 2.45) is 0 Å². The summed E-state index contributed by atoms with van der Waals surface area (Å²) in [6.07, 6.45) is 1.18. The van der Waals surface area contributed by atoms with E-state index in [1.165, 1.54) is 6.26 Å². The normalized spacial score (nSPS) is 5.50. The molecule has 0 saturated carbocycles. The molecule has 0 saturated heterocycles. The topological polar surface area (TPSA) is 9.23 Å². The second kappa shape index (κ2) is 8.94. The van der Waals surface area contributed by atoms with Gasteiger partial charge in [-0.25, -0.2) is 0 Å². The van der Waals surface area contributed by atoms with E-state index >= 15 is 0 Å². The largest absolute Gasteiger partial charge is 0.538 e.